The second kappa shape index (κ2) is 8.40. The monoisotopic (exact) mass is 372 g/mol. The average Bonchev–Trinajstić information content (AvgIpc) is 3.42. The Morgan fingerprint density at radius 1 is 1.30 bits per heavy atom. The quantitative estimate of drug-likeness (QED) is 0.703. The minimum absolute atomic E-state index is 0.128. The molecule has 27 heavy (non-hydrogen) atoms. The number of esters is 1. The molecule has 0 radical (unpaired) electrons. The van der Waals surface area contributed by atoms with Crippen LogP contribution in [0.5, 0.6) is 5.75 Å². The van der Waals surface area contributed by atoms with Gasteiger partial charge in [-0.15, -0.1) is 0 Å². The van der Waals surface area contributed by atoms with Gasteiger partial charge in [0, 0.05) is 6.61 Å². The highest BCUT2D eigenvalue weighted by atomic mass is 16.5. The SMILES string of the molecule is C[C@@](C#N)(NC(=O)COC(=O)c1ccc(OC[C@@H]2CCCO2)cc1)C1CC1. The van der Waals surface area contributed by atoms with E-state index in [1.165, 1.54) is 0 Å². The lowest BCUT2D eigenvalue weighted by Crippen LogP contribution is -2.48. The number of rotatable bonds is 8. The molecule has 1 aliphatic heterocycles. The zero-order valence-electron chi connectivity index (χ0n) is 15.4. The minimum atomic E-state index is -0.897. The van der Waals surface area contributed by atoms with Crippen molar-refractivity contribution >= 4 is 11.9 Å². The van der Waals surface area contributed by atoms with Crippen LogP contribution < -0.4 is 10.1 Å². The number of amides is 1. The molecule has 0 spiro atoms. The number of nitrogens with zero attached hydrogens (tertiary/aromatic N) is 1. The van der Waals surface area contributed by atoms with Crippen molar-refractivity contribution in [1.29, 1.82) is 5.26 Å². The summed E-state index contributed by atoms with van der Waals surface area (Å²) in [6, 6.07) is 8.69. The normalized spacial score (nSPS) is 21.0. The Balaban J connectivity index is 1.43. The van der Waals surface area contributed by atoms with Gasteiger partial charge in [-0.25, -0.2) is 4.79 Å². The molecule has 1 aromatic rings. The molecule has 1 heterocycles. The van der Waals surface area contributed by atoms with Crippen LogP contribution in [0.1, 0.15) is 43.0 Å². The first-order chi connectivity index (χ1) is 13.0. The summed E-state index contributed by atoms with van der Waals surface area (Å²) in [5.74, 6) is -0.255. The summed E-state index contributed by atoms with van der Waals surface area (Å²) < 4.78 is 16.2. The summed E-state index contributed by atoms with van der Waals surface area (Å²) in [6.45, 7) is 2.54. The molecular formula is C20H24N2O5. The second-order valence-corrected chi connectivity index (χ2v) is 7.18. The minimum Gasteiger partial charge on any atom is -0.491 e. The lowest BCUT2D eigenvalue weighted by Gasteiger charge is -2.22. The maximum absolute atomic E-state index is 12.1. The molecule has 0 unspecified atom stereocenters. The lowest BCUT2D eigenvalue weighted by molar-refractivity contribution is -0.125. The fourth-order valence-corrected chi connectivity index (χ4v) is 3.07. The summed E-state index contributed by atoms with van der Waals surface area (Å²) in [4.78, 5) is 24.1. The van der Waals surface area contributed by atoms with Crippen molar-refractivity contribution < 1.29 is 23.8 Å². The number of benzene rings is 1. The third-order valence-corrected chi connectivity index (χ3v) is 4.91. The van der Waals surface area contributed by atoms with Crippen LogP contribution >= 0.6 is 0 Å². The molecule has 7 heteroatoms. The summed E-state index contributed by atoms with van der Waals surface area (Å²) >= 11 is 0. The van der Waals surface area contributed by atoms with Crippen LogP contribution in [-0.2, 0) is 14.3 Å². The summed E-state index contributed by atoms with van der Waals surface area (Å²) in [7, 11) is 0. The molecule has 2 atom stereocenters. The molecule has 1 N–H and O–H groups in total. The van der Waals surface area contributed by atoms with Crippen molar-refractivity contribution in [3.05, 3.63) is 29.8 Å². The summed E-state index contributed by atoms with van der Waals surface area (Å²) in [6.07, 6.45) is 4.03. The van der Waals surface area contributed by atoms with Crippen molar-refractivity contribution in [3.8, 4) is 11.8 Å². The Morgan fingerprint density at radius 3 is 2.63 bits per heavy atom. The predicted molar refractivity (Wildman–Crippen MR) is 96.1 cm³/mol. The molecule has 7 nitrogen and oxygen atoms in total. The average molecular weight is 372 g/mol. The molecule has 2 aliphatic rings. The van der Waals surface area contributed by atoms with Gasteiger partial charge >= 0.3 is 5.97 Å². The van der Waals surface area contributed by atoms with E-state index in [1.807, 2.05) is 0 Å². The topological polar surface area (TPSA) is 97.7 Å². The van der Waals surface area contributed by atoms with E-state index in [2.05, 4.69) is 11.4 Å². The molecule has 1 aromatic carbocycles. The van der Waals surface area contributed by atoms with Gasteiger partial charge in [0.05, 0.1) is 17.7 Å². The van der Waals surface area contributed by atoms with E-state index >= 15 is 0 Å². The number of hydrogen-bond acceptors (Lipinski definition) is 6. The third-order valence-electron chi connectivity index (χ3n) is 4.91. The van der Waals surface area contributed by atoms with Crippen molar-refractivity contribution in [3.63, 3.8) is 0 Å². The molecule has 2 fully saturated rings. The van der Waals surface area contributed by atoms with Crippen molar-refractivity contribution in [2.75, 3.05) is 19.8 Å². The largest absolute Gasteiger partial charge is 0.491 e. The Hall–Kier alpha value is -2.59. The molecule has 1 aliphatic carbocycles. The first-order valence-corrected chi connectivity index (χ1v) is 9.24. The van der Waals surface area contributed by atoms with E-state index < -0.39 is 24.0 Å². The zero-order chi connectivity index (χ0) is 19.3. The Labute approximate surface area is 158 Å². The molecule has 1 saturated heterocycles. The highest BCUT2D eigenvalue weighted by molar-refractivity contribution is 5.91. The number of carbonyl (C=O) groups excluding carboxylic acids is 2. The number of nitrogens with one attached hydrogen (secondary N) is 1. The Bertz CT molecular complexity index is 717. The highest BCUT2D eigenvalue weighted by Gasteiger charge is 2.43. The van der Waals surface area contributed by atoms with Crippen LogP contribution in [-0.4, -0.2) is 43.3 Å². The van der Waals surface area contributed by atoms with E-state index in [0.717, 1.165) is 32.3 Å². The summed E-state index contributed by atoms with van der Waals surface area (Å²) in [5, 5.41) is 11.9. The van der Waals surface area contributed by atoms with Gasteiger partial charge in [-0.1, -0.05) is 0 Å². The van der Waals surface area contributed by atoms with Crippen LogP contribution in [0.15, 0.2) is 24.3 Å². The maximum atomic E-state index is 12.1. The fraction of sp³-hybridized carbons (Fsp3) is 0.550. The maximum Gasteiger partial charge on any atom is 0.338 e. The number of hydrogen-bond donors (Lipinski definition) is 1. The summed E-state index contributed by atoms with van der Waals surface area (Å²) in [5.41, 5.74) is -0.566. The smallest absolute Gasteiger partial charge is 0.338 e. The molecular weight excluding hydrogens is 348 g/mol. The van der Waals surface area contributed by atoms with Crippen molar-refractivity contribution in [2.45, 2.75) is 44.2 Å². The molecule has 3 rings (SSSR count). The Kier molecular flexibility index (Phi) is 5.97. The van der Waals surface area contributed by atoms with Gasteiger partial charge in [0.25, 0.3) is 5.91 Å². The van der Waals surface area contributed by atoms with Gasteiger partial charge in [0.2, 0.25) is 0 Å². The first kappa shape index (κ1) is 19.2. The van der Waals surface area contributed by atoms with Crippen LogP contribution in [0.2, 0.25) is 0 Å². The molecule has 0 aromatic heterocycles. The van der Waals surface area contributed by atoms with E-state index in [-0.39, 0.29) is 12.0 Å². The van der Waals surface area contributed by atoms with Gasteiger partial charge in [-0.2, -0.15) is 5.26 Å². The number of nitriles is 1. The molecule has 1 saturated carbocycles. The van der Waals surface area contributed by atoms with Gasteiger partial charge < -0.3 is 19.5 Å². The van der Waals surface area contributed by atoms with Crippen LogP contribution in [0.25, 0.3) is 0 Å². The van der Waals surface area contributed by atoms with E-state index in [0.29, 0.717) is 17.9 Å². The van der Waals surface area contributed by atoms with E-state index in [9.17, 15) is 14.9 Å². The van der Waals surface area contributed by atoms with Crippen molar-refractivity contribution in [2.24, 2.45) is 5.92 Å². The van der Waals surface area contributed by atoms with Crippen LogP contribution in [0.3, 0.4) is 0 Å². The molecule has 1 amide bonds. The van der Waals surface area contributed by atoms with E-state index in [4.69, 9.17) is 14.2 Å². The standard InChI is InChI=1S/C20H24N2O5/c1-20(13-21,15-6-7-15)22-18(23)12-27-19(24)14-4-8-16(9-5-14)26-11-17-3-2-10-25-17/h4-5,8-9,15,17H,2-3,6-7,10-12H2,1H3,(H,22,23)/t17-,20-/m0/s1. The van der Waals surface area contributed by atoms with Crippen LogP contribution in [0, 0.1) is 17.2 Å². The fourth-order valence-electron chi connectivity index (χ4n) is 3.07. The van der Waals surface area contributed by atoms with Gasteiger partial charge in [-0.3, -0.25) is 4.79 Å². The lowest BCUT2D eigenvalue weighted by atomic mass is 9.98. The van der Waals surface area contributed by atoms with E-state index in [1.54, 1.807) is 31.2 Å². The highest BCUT2D eigenvalue weighted by Crippen LogP contribution is 2.39. The Morgan fingerprint density at radius 2 is 2.04 bits per heavy atom. The van der Waals surface area contributed by atoms with Crippen LogP contribution in [0.4, 0.5) is 0 Å². The zero-order valence-corrected chi connectivity index (χ0v) is 15.4. The van der Waals surface area contributed by atoms with Gasteiger partial charge in [0.15, 0.2) is 6.61 Å². The predicted octanol–water partition coefficient (Wildman–Crippen LogP) is 2.21. The third kappa shape index (κ3) is 5.20. The second-order valence-electron chi connectivity index (χ2n) is 7.18. The van der Waals surface area contributed by atoms with Crippen molar-refractivity contribution in [1.82, 2.24) is 5.32 Å². The van der Waals surface area contributed by atoms with Gasteiger partial charge in [0.1, 0.15) is 17.9 Å². The molecule has 0 bridgehead atoms. The number of carbonyl (C=O) groups is 2. The molecule has 144 valence electrons. The number of ether oxygens (including phenoxy) is 3. The van der Waals surface area contributed by atoms with Gasteiger partial charge in [-0.05, 0) is 62.8 Å². The first-order valence-electron chi connectivity index (χ1n) is 9.24.